The summed E-state index contributed by atoms with van der Waals surface area (Å²) in [6.45, 7) is 2.59. The number of nitrogens with two attached hydrogens (primary N) is 2. The zero-order valence-corrected chi connectivity index (χ0v) is 53.9. The number of phenolic OH excluding ortho intramolecular Hbond substituents is 1. The van der Waals surface area contributed by atoms with Gasteiger partial charge in [0.25, 0.3) is 0 Å². The summed E-state index contributed by atoms with van der Waals surface area (Å²) in [7, 11) is 0. The quantitative estimate of drug-likeness (QED) is 0.0148. The van der Waals surface area contributed by atoms with Gasteiger partial charge in [0.15, 0.2) is 17.5 Å². The van der Waals surface area contributed by atoms with Gasteiger partial charge in [-0.2, -0.15) is 0 Å². The van der Waals surface area contributed by atoms with E-state index in [-0.39, 0.29) is 106 Å². The molecular weight excluding hydrogens is 1230 g/mol. The Morgan fingerprint density at radius 2 is 1.26 bits per heavy atom. The van der Waals surface area contributed by atoms with Crippen LogP contribution in [0.4, 0.5) is 0 Å². The Morgan fingerprint density at radius 1 is 0.677 bits per heavy atom. The molecule has 1 aliphatic carbocycles. The molecular formula is C68H87N15O13. The highest BCUT2D eigenvalue weighted by Crippen LogP contribution is 2.28. The number of H-pyrrole nitrogens is 3. The third-order valence-corrected chi connectivity index (χ3v) is 17.6. The summed E-state index contributed by atoms with van der Waals surface area (Å²) < 4.78 is 0. The second kappa shape index (κ2) is 34.4. The predicted octanol–water partition coefficient (Wildman–Crippen LogP) is 1.23. The minimum atomic E-state index is -1.66. The number of aromatic hydroxyl groups is 1. The van der Waals surface area contributed by atoms with Crippen LogP contribution in [-0.2, 0) is 78.4 Å². The predicted molar refractivity (Wildman–Crippen MR) is 354 cm³/mol. The summed E-state index contributed by atoms with van der Waals surface area (Å²) >= 11 is 0. The molecule has 96 heavy (non-hydrogen) atoms. The molecule has 28 nitrogen and oxygen atoms in total. The van der Waals surface area contributed by atoms with E-state index in [0.717, 1.165) is 10.9 Å². The van der Waals surface area contributed by atoms with Gasteiger partial charge in [-0.1, -0.05) is 62.4 Å². The van der Waals surface area contributed by atoms with Crippen LogP contribution in [0.25, 0.3) is 21.8 Å². The van der Waals surface area contributed by atoms with Crippen LogP contribution in [0, 0.1) is 29.1 Å². The molecule has 3 aromatic carbocycles. The summed E-state index contributed by atoms with van der Waals surface area (Å²) in [5.41, 5.74) is 14.5. The van der Waals surface area contributed by atoms with Crippen LogP contribution < -0.4 is 48.7 Å². The smallest absolute Gasteiger partial charge is 0.243 e. The second-order valence-electron chi connectivity index (χ2n) is 25.4. The molecule has 9 atom stereocenters. The topological polar surface area (TPSA) is 452 Å². The van der Waals surface area contributed by atoms with Crippen molar-refractivity contribution in [2.24, 2.45) is 35.1 Å². The summed E-state index contributed by atoms with van der Waals surface area (Å²) in [5, 5.41) is 49.5. The zero-order chi connectivity index (χ0) is 69.0. The van der Waals surface area contributed by atoms with Crippen molar-refractivity contribution in [2.75, 3.05) is 32.8 Å². The van der Waals surface area contributed by atoms with Gasteiger partial charge in [-0.3, -0.25) is 63.0 Å². The number of imidazole rings is 1. The Bertz CT molecular complexity index is 3750. The number of hydrogen-bond donors (Lipinski definition) is 15. The van der Waals surface area contributed by atoms with Crippen molar-refractivity contribution in [1.29, 1.82) is 5.41 Å². The maximum atomic E-state index is 15.2. The van der Waals surface area contributed by atoms with E-state index < -0.39 is 126 Å². The molecule has 4 heterocycles. The van der Waals surface area contributed by atoms with E-state index in [1.54, 1.807) is 41.6 Å². The minimum Gasteiger partial charge on any atom is -0.508 e. The van der Waals surface area contributed by atoms with Gasteiger partial charge in [-0.15, -0.1) is 0 Å². The van der Waals surface area contributed by atoms with E-state index in [9.17, 15) is 53.4 Å². The van der Waals surface area contributed by atoms with Gasteiger partial charge in [0.1, 0.15) is 41.5 Å². The summed E-state index contributed by atoms with van der Waals surface area (Å²) in [6, 6.07) is 12.7. The fourth-order valence-corrected chi connectivity index (χ4v) is 12.5. The van der Waals surface area contributed by atoms with Crippen molar-refractivity contribution >= 4 is 92.2 Å². The number of hydrogen-bond acceptors (Lipinski definition) is 16. The van der Waals surface area contributed by atoms with Crippen molar-refractivity contribution in [1.82, 2.24) is 62.1 Å². The number of likely N-dealkylation sites (tertiary alicyclic amines) is 1. The summed E-state index contributed by atoms with van der Waals surface area (Å²) in [5.74, 6) is -10.2. The third kappa shape index (κ3) is 20.5. The van der Waals surface area contributed by atoms with Crippen molar-refractivity contribution in [3.63, 3.8) is 0 Å². The summed E-state index contributed by atoms with van der Waals surface area (Å²) in [6.07, 6.45) is 7.04. The maximum absolute atomic E-state index is 15.2. The number of amides is 7. The van der Waals surface area contributed by atoms with E-state index >= 15 is 9.59 Å². The lowest BCUT2D eigenvalue weighted by Gasteiger charge is -2.29. The van der Waals surface area contributed by atoms with Crippen LogP contribution in [0.2, 0.25) is 0 Å². The Morgan fingerprint density at radius 3 is 1.82 bits per heavy atom. The highest BCUT2D eigenvalue weighted by molar-refractivity contribution is 5.99. The number of Topliss-reactive ketones (excluding diaryl/α,β-unsaturated/α-hetero) is 4. The number of primary amides is 1. The third-order valence-electron chi connectivity index (χ3n) is 17.6. The average molecular weight is 1320 g/mol. The number of rotatable bonds is 37. The van der Waals surface area contributed by atoms with Crippen LogP contribution in [-0.4, -0.2) is 175 Å². The number of ketones is 4. The van der Waals surface area contributed by atoms with Gasteiger partial charge in [-0.05, 0) is 98.4 Å². The lowest BCUT2D eigenvalue weighted by molar-refractivity contribution is -0.136. The first-order valence-electron chi connectivity index (χ1n) is 32.5. The van der Waals surface area contributed by atoms with E-state index in [1.807, 2.05) is 50.2 Å². The number of nitrogens with one attached hydrogen (secondary N) is 11. The van der Waals surface area contributed by atoms with E-state index in [2.05, 4.69) is 57.2 Å². The number of aromatic amines is 3. The number of aliphatic hydroxyl groups excluding tert-OH is 1. The highest BCUT2D eigenvalue weighted by atomic mass is 16.3. The number of fused-ring (bicyclic) bond motifs is 2. The number of carbonyl (C=O) groups excluding carboxylic acids is 11. The molecule has 9 unspecified atom stereocenters. The fourth-order valence-electron chi connectivity index (χ4n) is 12.5. The Kier molecular flexibility index (Phi) is 25.7. The van der Waals surface area contributed by atoms with Crippen LogP contribution in [0.15, 0.2) is 97.7 Å². The number of para-hydroxylation sites is 2. The summed E-state index contributed by atoms with van der Waals surface area (Å²) in [4.78, 5) is 169. The van der Waals surface area contributed by atoms with Gasteiger partial charge in [-0.25, -0.2) is 4.98 Å². The number of benzene rings is 3. The largest absolute Gasteiger partial charge is 0.508 e. The molecule has 512 valence electrons. The molecule has 6 aromatic rings. The molecule has 8 rings (SSSR count). The average Bonchev–Trinajstić information content (AvgIpc) is 1.70. The molecule has 28 heteroatoms. The molecule has 2 aliphatic rings. The van der Waals surface area contributed by atoms with Gasteiger partial charge in [0, 0.05) is 109 Å². The first kappa shape index (κ1) is 71.8. The van der Waals surface area contributed by atoms with E-state index in [4.69, 9.17) is 16.9 Å². The first-order chi connectivity index (χ1) is 46.0. The van der Waals surface area contributed by atoms with Crippen molar-refractivity contribution in [2.45, 2.75) is 140 Å². The van der Waals surface area contributed by atoms with E-state index in [0.29, 0.717) is 59.1 Å². The molecule has 0 radical (unpaired) electrons. The van der Waals surface area contributed by atoms with Crippen molar-refractivity contribution in [3.05, 3.63) is 120 Å². The SMILES string of the molecule is CC(C)CC(NC(=O)C(Cc1c[nH]c2ccccc12)NC(=O)C(CC(=O)C(CO)NC(=O)C(Cc1c[nH]c2ccccc12)NC(=O)C(CC(=O)C1CCC(=O)C1)Cc1cnc[nH]1)Cc1ccc(O)cc1)C(=O)NC(CCCNC(=N)N)C(=O)CN1CCCC1C(=O)NCC(N)=O. The Labute approximate surface area is 554 Å². The number of phenols is 1. The normalized spacial score (nSPS) is 16.9. The first-order valence-corrected chi connectivity index (χ1v) is 32.5. The van der Waals surface area contributed by atoms with Crippen LogP contribution in [0.3, 0.4) is 0 Å². The lowest BCUT2D eigenvalue weighted by atomic mass is 9.89. The van der Waals surface area contributed by atoms with Gasteiger partial charge in [0.05, 0.1) is 44.0 Å². The van der Waals surface area contributed by atoms with Crippen LogP contribution >= 0.6 is 0 Å². The highest BCUT2D eigenvalue weighted by Gasteiger charge is 2.39. The van der Waals surface area contributed by atoms with Gasteiger partial charge < -0.3 is 73.8 Å². The minimum absolute atomic E-state index is 0.0270. The number of aliphatic hydroxyl groups is 1. The zero-order valence-electron chi connectivity index (χ0n) is 53.9. The maximum Gasteiger partial charge on any atom is 0.243 e. The lowest BCUT2D eigenvalue weighted by Crippen LogP contribution is -2.58. The number of nitrogens with zero attached hydrogens (tertiary/aromatic N) is 2. The molecule has 0 spiro atoms. The monoisotopic (exact) mass is 1320 g/mol. The van der Waals surface area contributed by atoms with Crippen molar-refractivity contribution in [3.8, 4) is 5.75 Å². The molecule has 0 bridgehead atoms. The second-order valence-corrected chi connectivity index (χ2v) is 25.4. The molecule has 17 N–H and O–H groups in total. The fraction of sp³-hybridized carbons (Fsp3) is 0.456. The van der Waals surface area contributed by atoms with Gasteiger partial charge in [0.2, 0.25) is 41.4 Å². The number of guanidine groups is 1. The molecule has 1 saturated heterocycles. The number of carbonyl (C=O) groups is 11. The van der Waals surface area contributed by atoms with E-state index in [1.165, 1.54) is 24.7 Å². The standard InChI is InChI=1S/C68H87N15O13/c1-38(2)23-53(64(93)78-52(13-7-21-73-68(70)71)60(89)35-83-22-8-14-57(83)67(96)76-34-61(69)90)81-65(94)54(27-43-31-74-50-11-5-3-9-48(43)50)79-62(91)41(24-39-15-18-46(85)19-16-39)30-59(88)56(36-84)82-66(95)55(28-44-32-75-51-12-6-4-10-49(44)51)80-63(92)42(25-45-33-72-37-77-45)29-58(87)40-17-20-47(86)26-40/h3-6,9-12,15-16,18-19,31-33,37-38,40-42,52-57,74-75,84-85H,7-8,13-14,17,20-30,34-36H2,1-2H3,(H2,69,90)(H,72,77)(H,76,96)(H,78,93)(H,79,91)(H,80,92)(H,81,94)(H,82,95)(H4,70,71,73). The Hall–Kier alpha value is -10.1. The van der Waals surface area contributed by atoms with Crippen LogP contribution in [0.1, 0.15) is 100 Å². The molecule has 3 aromatic heterocycles. The molecule has 2 fully saturated rings. The van der Waals surface area contributed by atoms with Gasteiger partial charge >= 0.3 is 0 Å². The van der Waals surface area contributed by atoms with Crippen LogP contribution in [0.5, 0.6) is 5.75 Å². The molecule has 1 aliphatic heterocycles. The number of aromatic nitrogens is 4. The molecule has 7 amide bonds. The Balaban J connectivity index is 1.04. The molecule has 1 saturated carbocycles. The van der Waals surface area contributed by atoms with Crippen molar-refractivity contribution < 1.29 is 63.0 Å².